The van der Waals surface area contributed by atoms with E-state index >= 15 is 0 Å². The normalized spacial score (nSPS) is 9.38. The van der Waals surface area contributed by atoms with Crippen molar-refractivity contribution in [2.75, 3.05) is 13.2 Å². The molecule has 0 aromatic heterocycles. The van der Waals surface area contributed by atoms with Gasteiger partial charge in [-0.15, -0.1) is 0 Å². The Kier molecular flexibility index (Phi) is 5.32. The van der Waals surface area contributed by atoms with E-state index in [0.717, 1.165) is 12.1 Å². The van der Waals surface area contributed by atoms with E-state index in [4.69, 9.17) is 15.3 Å². The van der Waals surface area contributed by atoms with Gasteiger partial charge in [0.25, 0.3) is 0 Å². The van der Waals surface area contributed by atoms with Crippen molar-refractivity contribution in [3.8, 4) is 17.9 Å². The van der Waals surface area contributed by atoms with Crippen LogP contribution in [-0.2, 0) is 9.53 Å². The van der Waals surface area contributed by atoms with Gasteiger partial charge in [0.05, 0.1) is 0 Å². The first-order chi connectivity index (χ1) is 9.97. The molecule has 0 amide bonds. The molecule has 0 aliphatic heterocycles. The number of nitriles is 2. The molecular weight excluding hydrogens is 289 g/mol. The van der Waals surface area contributed by atoms with Gasteiger partial charge in [0, 0.05) is 6.08 Å². The molecule has 108 valence electrons. The van der Waals surface area contributed by atoms with Crippen molar-refractivity contribution in [3.63, 3.8) is 0 Å². The Hall–Kier alpha value is -3.00. The van der Waals surface area contributed by atoms with E-state index in [-0.39, 0.29) is 6.61 Å². The lowest BCUT2D eigenvalue weighted by molar-refractivity contribution is -0.138. The minimum atomic E-state index is -1.76. The van der Waals surface area contributed by atoms with Gasteiger partial charge in [0.15, 0.2) is 17.4 Å². The van der Waals surface area contributed by atoms with Crippen LogP contribution in [0.1, 0.15) is 11.1 Å². The molecule has 0 aliphatic rings. The lowest BCUT2D eigenvalue weighted by Crippen LogP contribution is -2.13. The Labute approximate surface area is 117 Å². The van der Waals surface area contributed by atoms with E-state index in [1.807, 2.05) is 0 Å². The van der Waals surface area contributed by atoms with Crippen molar-refractivity contribution < 1.29 is 27.4 Å². The standard InChI is InChI=1S/C13H7F3N2O3/c1-2-9(19)20-3-4-21-13-8(6-18)10(14)7(5-17)11(15)12(13)16/h2H,1,3-4H2. The summed E-state index contributed by atoms with van der Waals surface area (Å²) in [5.74, 6) is -6.69. The van der Waals surface area contributed by atoms with E-state index in [1.54, 1.807) is 0 Å². The van der Waals surface area contributed by atoms with Crippen LogP contribution in [0.25, 0.3) is 0 Å². The van der Waals surface area contributed by atoms with E-state index in [2.05, 4.69) is 11.3 Å². The number of benzene rings is 1. The summed E-state index contributed by atoms with van der Waals surface area (Å²) in [6, 6.07) is 2.40. The Morgan fingerprint density at radius 2 is 1.71 bits per heavy atom. The fourth-order valence-corrected chi connectivity index (χ4v) is 1.32. The molecule has 0 saturated heterocycles. The maximum Gasteiger partial charge on any atom is 0.330 e. The smallest absolute Gasteiger partial charge is 0.330 e. The third-order valence-electron chi connectivity index (χ3n) is 2.24. The van der Waals surface area contributed by atoms with Crippen LogP contribution in [0.5, 0.6) is 5.75 Å². The Balaban J connectivity index is 3.03. The Bertz CT molecular complexity index is 675. The summed E-state index contributed by atoms with van der Waals surface area (Å²) in [5, 5.41) is 17.3. The fraction of sp³-hybridized carbons (Fsp3) is 0.154. The van der Waals surface area contributed by atoms with Crippen molar-refractivity contribution in [2.45, 2.75) is 0 Å². The second-order valence-corrected chi connectivity index (χ2v) is 3.46. The molecule has 5 nitrogen and oxygen atoms in total. The number of rotatable bonds is 5. The zero-order valence-electron chi connectivity index (χ0n) is 10.5. The number of esters is 1. The average Bonchev–Trinajstić information content (AvgIpc) is 2.48. The van der Waals surface area contributed by atoms with Crippen LogP contribution in [0.4, 0.5) is 13.2 Å². The average molecular weight is 296 g/mol. The van der Waals surface area contributed by atoms with Crippen LogP contribution >= 0.6 is 0 Å². The van der Waals surface area contributed by atoms with E-state index < -0.39 is 46.9 Å². The fourth-order valence-electron chi connectivity index (χ4n) is 1.32. The third-order valence-corrected chi connectivity index (χ3v) is 2.24. The molecule has 0 spiro atoms. The second kappa shape index (κ2) is 6.96. The number of carbonyl (C=O) groups is 1. The minimum absolute atomic E-state index is 0.349. The molecule has 0 saturated carbocycles. The maximum absolute atomic E-state index is 13.6. The number of hydrogen-bond donors (Lipinski definition) is 0. The molecule has 1 aromatic rings. The quantitative estimate of drug-likeness (QED) is 0.359. The number of hydrogen-bond acceptors (Lipinski definition) is 5. The highest BCUT2D eigenvalue weighted by atomic mass is 19.2. The number of nitrogens with zero attached hydrogens (tertiary/aromatic N) is 2. The highest BCUT2D eigenvalue weighted by Crippen LogP contribution is 2.30. The number of carbonyl (C=O) groups excluding carboxylic acids is 1. The summed E-state index contributed by atoms with van der Waals surface area (Å²) in [7, 11) is 0. The predicted octanol–water partition coefficient (Wildman–Crippen LogP) is 1.96. The molecule has 0 aliphatic carbocycles. The summed E-state index contributed by atoms with van der Waals surface area (Å²) >= 11 is 0. The van der Waals surface area contributed by atoms with Crippen LogP contribution in [0.15, 0.2) is 12.7 Å². The third kappa shape index (κ3) is 3.31. The van der Waals surface area contributed by atoms with Gasteiger partial charge in [-0.25, -0.2) is 13.6 Å². The second-order valence-electron chi connectivity index (χ2n) is 3.46. The molecule has 0 fully saturated rings. The van der Waals surface area contributed by atoms with Crippen LogP contribution in [0.3, 0.4) is 0 Å². The Morgan fingerprint density at radius 1 is 1.10 bits per heavy atom. The van der Waals surface area contributed by atoms with Crippen molar-refractivity contribution in [2.24, 2.45) is 0 Å². The molecule has 21 heavy (non-hydrogen) atoms. The topological polar surface area (TPSA) is 83.1 Å². The first-order valence-electron chi connectivity index (χ1n) is 5.40. The molecule has 1 aromatic carbocycles. The van der Waals surface area contributed by atoms with Gasteiger partial charge in [-0.3, -0.25) is 0 Å². The molecule has 0 N–H and O–H groups in total. The summed E-state index contributed by atoms with van der Waals surface area (Å²) in [5.41, 5.74) is -2.16. The first kappa shape index (κ1) is 16.1. The number of halogens is 3. The van der Waals surface area contributed by atoms with E-state index in [0.29, 0.717) is 0 Å². The van der Waals surface area contributed by atoms with Crippen molar-refractivity contribution in [3.05, 3.63) is 41.2 Å². The Morgan fingerprint density at radius 3 is 2.24 bits per heavy atom. The van der Waals surface area contributed by atoms with Gasteiger partial charge >= 0.3 is 5.97 Å². The van der Waals surface area contributed by atoms with Crippen LogP contribution in [0, 0.1) is 40.1 Å². The highest BCUT2D eigenvalue weighted by Gasteiger charge is 2.26. The first-order valence-corrected chi connectivity index (χ1v) is 5.40. The van der Waals surface area contributed by atoms with Crippen LogP contribution in [-0.4, -0.2) is 19.2 Å². The number of ether oxygens (including phenoxy) is 2. The van der Waals surface area contributed by atoms with Gasteiger partial charge in [0.1, 0.15) is 36.5 Å². The molecule has 1 rings (SSSR count). The van der Waals surface area contributed by atoms with Crippen molar-refractivity contribution in [1.82, 2.24) is 0 Å². The summed E-state index contributed by atoms with van der Waals surface area (Å²) in [6.07, 6.45) is 0.877. The summed E-state index contributed by atoms with van der Waals surface area (Å²) in [6.45, 7) is 2.34. The molecule has 0 radical (unpaired) electrons. The molecule has 0 bridgehead atoms. The van der Waals surface area contributed by atoms with E-state index in [9.17, 15) is 18.0 Å². The summed E-state index contributed by atoms with van der Waals surface area (Å²) < 4.78 is 49.9. The molecular formula is C13H7F3N2O3. The van der Waals surface area contributed by atoms with Gasteiger partial charge in [0.2, 0.25) is 5.82 Å². The van der Waals surface area contributed by atoms with Gasteiger partial charge in [-0.05, 0) is 0 Å². The zero-order valence-corrected chi connectivity index (χ0v) is 10.5. The largest absolute Gasteiger partial charge is 0.485 e. The lowest BCUT2D eigenvalue weighted by atomic mass is 10.1. The van der Waals surface area contributed by atoms with Gasteiger partial charge in [-0.2, -0.15) is 14.9 Å². The maximum atomic E-state index is 13.6. The molecule has 0 unspecified atom stereocenters. The van der Waals surface area contributed by atoms with Crippen LogP contribution in [0.2, 0.25) is 0 Å². The molecule has 0 heterocycles. The predicted molar refractivity (Wildman–Crippen MR) is 62.4 cm³/mol. The SMILES string of the molecule is C=CC(=O)OCCOc1c(F)c(F)c(C#N)c(F)c1C#N. The summed E-state index contributed by atoms with van der Waals surface area (Å²) in [4.78, 5) is 10.7. The highest BCUT2D eigenvalue weighted by molar-refractivity contribution is 5.81. The van der Waals surface area contributed by atoms with E-state index in [1.165, 1.54) is 6.07 Å². The van der Waals surface area contributed by atoms with Crippen molar-refractivity contribution >= 4 is 5.97 Å². The zero-order chi connectivity index (χ0) is 16.0. The van der Waals surface area contributed by atoms with Gasteiger partial charge in [-0.1, -0.05) is 6.58 Å². The van der Waals surface area contributed by atoms with Crippen LogP contribution < -0.4 is 4.74 Å². The molecule has 0 atom stereocenters. The lowest BCUT2D eigenvalue weighted by Gasteiger charge is -2.11. The minimum Gasteiger partial charge on any atom is -0.485 e. The monoisotopic (exact) mass is 296 g/mol. The van der Waals surface area contributed by atoms with Crippen molar-refractivity contribution in [1.29, 1.82) is 10.5 Å². The molecule has 8 heteroatoms. The van der Waals surface area contributed by atoms with Gasteiger partial charge < -0.3 is 9.47 Å².